The Kier molecular flexibility index (Phi) is 7.30. The maximum Gasteiger partial charge on any atom is 0.295 e. The molecule has 0 aliphatic heterocycles. The second kappa shape index (κ2) is 8.48. The molecular weight excluding hydrogens is 411 g/mol. The van der Waals surface area contributed by atoms with Crippen LogP contribution in [-0.4, -0.2) is 60.4 Å². The fourth-order valence-electron chi connectivity index (χ4n) is 2.09. The largest absolute Gasteiger partial charge is 0.399 e. The summed E-state index contributed by atoms with van der Waals surface area (Å²) < 4.78 is 64.3. The predicted molar refractivity (Wildman–Crippen MR) is 98.3 cm³/mol. The summed E-state index contributed by atoms with van der Waals surface area (Å²) in [6.07, 6.45) is 2.27. The van der Waals surface area contributed by atoms with Gasteiger partial charge in [0, 0.05) is 47.4 Å². The summed E-state index contributed by atoms with van der Waals surface area (Å²) in [6, 6.07) is 6.39. The van der Waals surface area contributed by atoms with E-state index >= 15 is 0 Å². The van der Waals surface area contributed by atoms with Crippen molar-refractivity contribution in [3.8, 4) is 0 Å². The smallest absolute Gasteiger partial charge is 0.295 e. The van der Waals surface area contributed by atoms with E-state index in [0.29, 0.717) is 6.07 Å². The van der Waals surface area contributed by atoms with Gasteiger partial charge in [-0.15, -0.1) is 0 Å². The second-order valence-electron chi connectivity index (χ2n) is 5.06. The minimum Gasteiger partial charge on any atom is -0.399 e. The molecule has 2 rings (SSSR count). The summed E-state index contributed by atoms with van der Waals surface area (Å²) in [5.74, 6) is 0. The van der Waals surface area contributed by atoms with Crippen LogP contribution in [0.15, 0.2) is 46.2 Å². The molecule has 0 unspecified atom stereocenters. The van der Waals surface area contributed by atoms with Gasteiger partial charge in [-0.2, -0.15) is 16.8 Å². The maximum atomic E-state index is 11.5. The quantitative estimate of drug-likeness (QED) is 0.160. The number of rotatable bonds is 5. The van der Waals surface area contributed by atoms with E-state index in [0.717, 1.165) is 30.4 Å². The Morgan fingerprint density at radius 3 is 1.78 bits per heavy atom. The number of non-ortho nitro benzene ring substituents is 1. The monoisotopic (exact) mass is 423 g/mol. The van der Waals surface area contributed by atoms with Crippen molar-refractivity contribution in [1.29, 1.82) is 0 Å². The van der Waals surface area contributed by atoms with E-state index in [1.165, 1.54) is 12.1 Å². The summed E-state index contributed by atoms with van der Waals surface area (Å²) in [5.41, 5.74) is 4.86. The molecule has 0 amide bonds. The Morgan fingerprint density at radius 1 is 0.889 bits per heavy atom. The molecule has 139 valence electrons. The Hall–Kier alpha value is -1.80. The third-order valence-corrected chi connectivity index (χ3v) is 5.06. The number of hydrogen-bond donors (Lipinski definition) is 3. The van der Waals surface area contributed by atoms with Crippen molar-refractivity contribution in [2.75, 3.05) is 5.73 Å². The van der Waals surface area contributed by atoms with E-state index in [9.17, 15) is 36.1 Å². The third kappa shape index (κ3) is 5.84. The Morgan fingerprint density at radius 2 is 1.33 bits per heavy atom. The van der Waals surface area contributed by atoms with Crippen molar-refractivity contribution in [2.45, 2.75) is 9.79 Å². The Bertz CT molecular complexity index is 1130. The first-order valence-electron chi connectivity index (χ1n) is 6.70. The van der Waals surface area contributed by atoms with Crippen molar-refractivity contribution >= 4 is 73.3 Å². The molecule has 0 spiro atoms. The van der Waals surface area contributed by atoms with E-state index in [1.54, 1.807) is 0 Å². The minimum absolute atomic E-state index is 0. The van der Waals surface area contributed by atoms with Gasteiger partial charge in [-0.25, -0.2) is 0 Å². The summed E-state index contributed by atoms with van der Waals surface area (Å²) in [4.78, 5) is 8.69. The molecule has 0 aliphatic rings. The molecule has 4 N–H and O–H groups in total. The van der Waals surface area contributed by atoms with Gasteiger partial charge in [0.25, 0.3) is 25.9 Å². The van der Waals surface area contributed by atoms with E-state index in [4.69, 9.17) is 5.73 Å². The van der Waals surface area contributed by atoms with Crippen LogP contribution >= 0.6 is 0 Å². The van der Waals surface area contributed by atoms with Crippen molar-refractivity contribution in [3.05, 3.63) is 57.6 Å². The van der Waals surface area contributed by atoms with Gasteiger partial charge < -0.3 is 5.73 Å². The van der Waals surface area contributed by atoms with E-state index in [2.05, 4.69) is 0 Å². The number of anilines is 1. The number of nitro groups is 1. The normalized spacial score (nSPS) is 11.9. The third-order valence-electron chi connectivity index (χ3n) is 3.24. The summed E-state index contributed by atoms with van der Waals surface area (Å²) in [6.45, 7) is 0. The number of hydrogen-bond acceptors (Lipinski definition) is 7. The fourth-order valence-corrected chi connectivity index (χ4v) is 3.51. The van der Waals surface area contributed by atoms with E-state index in [-0.39, 0.29) is 46.4 Å². The van der Waals surface area contributed by atoms with Crippen LogP contribution in [-0.2, 0) is 20.2 Å². The first-order valence-corrected chi connectivity index (χ1v) is 9.58. The van der Waals surface area contributed by atoms with Crippen LogP contribution in [0.25, 0.3) is 12.2 Å². The second-order valence-corrected chi connectivity index (χ2v) is 7.84. The first-order chi connectivity index (χ1) is 11.9. The van der Waals surface area contributed by atoms with Crippen LogP contribution in [0.3, 0.4) is 0 Å². The SMILES string of the molecule is Nc1ccc(C=Cc2ccc([N+](=O)[O-])cc2S(=O)(=O)O)c(S(=O)(=O)O)c1.[Na]. The van der Waals surface area contributed by atoms with Gasteiger partial charge >= 0.3 is 0 Å². The average molecular weight is 423 g/mol. The molecule has 0 saturated carbocycles. The van der Waals surface area contributed by atoms with Crippen molar-refractivity contribution < 1.29 is 30.9 Å². The zero-order chi connectivity index (χ0) is 19.7. The van der Waals surface area contributed by atoms with Crippen molar-refractivity contribution in [3.63, 3.8) is 0 Å². The molecular formula is C14H12N2NaO8S2. The van der Waals surface area contributed by atoms with Gasteiger partial charge in [0.15, 0.2) is 0 Å². The maximum absolute atomic E-state index is 11.5. The number of nitrogens with two attached hydrogens (primary N) is 1. The van der Waals surface area contributed by atoms with Crippen LogP contribution in [0, 0.1) is 10.1 Å². The molecule has 10 nitrogen and oxygen atoms in total. The van der Waals surface area contributed by atoms with Crippen LogP contribution in [0.2, 0.25) is 0 Å². The van der Waals surface area contributed by atoms with E-state index in [1.807, 2.05) is 0 Å². The number of nitro benzene ring substituents is 1. The molecule has 27 heavy (non-hydrogen) atoms. The van der Waals surface area contributed by atoms with Crippen LogP contribution in [0.5, 0.6) is 0 Å². The summed E-state index contributed by atoms with van der Waals surface area (Å²) >= 11 is 0. The molecule has 1 radical (unpaired) electrons. The van der Waals surface area contributed by atoms with Crippen LogP contribution in [0.4, 0.5) is 11.4 Å². The van der Waals surface area contributed by atoms with Crippen LogP contribution in [0.1, 0.15) is 11.1 Å². The molecule has 0 fully saturated rings. The van der Waals surface area contributed by atoms with Gasteiger partial charge in [-0.3, -0.25) is 19.2 Å². The molecule has 0 aromatic heterocycles. The van der Waals surface area contributed by atoms with Gasteiger partial charge in [0.05, 0.1) is 4.92 Å². The van der Waals surface area contributed by atoms with Crippen LogP contribution < -0.4 is 5.73 Å². The number of nitrogen functional groups attached to an aromatic ring is 1. The van der Waals surface area contributed by atoms with Crippen molar-refractivity contribution in [1.82, 2.24) is 0 Å². The van der Waals surface area contributed by atoms with E-state index < -0.39 is 40.6 Å². The first kappa shape index (κ1) is 23.2. The molecule has 0 aliphatic carbocycles. The number of nitrogens with zero attached hydrogens (tertiary/aromatic N) is 1. The molecule has 0 bridgehead atoms. The molecule has 2 aromatic rings. The fraction of sp³-hybridized carbons (Fsp3) is 0. The molecule has 0 atom stereocenters. The predicted octanol–water partition coefficient (Wildman–Crippen LogP) is 1.46. The Labute approximate surface area is 176 Å². The van der Waals surface area contributed by atoms with Gasteiger partial charge in [-0.1, -0.05) is 18.2 Å². The molecule has 2 aromatic carbocycles. The molecule has 13 heteroatoms. The Balaban J connectivity index is 0.00000364. The number of benzene rings is 2. The van der Waals surface area contributed by atoms with Crippen molar-refractivity contribution in [2.24, 2.45) is 0 Å². The zero-order valence-corrected chi connectivity index (χ0v) is 17.4. The van der Waals surface area contributed by atoms with Gasteiger partial charge in [0.2, 0.25) is 0 Å². The zero-order valence-electron chi connectivity index (χ0n) is 13.8. The minimum atomic E-state index is -4.78. The summed E-state index contributed by atoms with van der Waals surface area (Å²) in [7, 11) is -9.39. The van der Waals surface area contributed by atoms with Gasteiger partial charge in [0.1, 0.15) is 9.79 Å². The topological polar surface area (TPSA) is 178 Å². The summed E-state index contributed by atoms with van der Waals surface area (Å²) in [5, 5.41) is 10.8. The molecule has 0 saturated heterocycles. The average Bonchev–Trinajstić information content (AvgIpc) is 2.51. The molecule has 0 heterocycles. The standard InChI is InChI=1S/C14H12N2O8S2.Na/c15-11-5-3-9(13(7-11)25(19,20)21)1-2-10-4-6-12(16(17)18)8-14(10)26(22,23)24;/h1-8H,15H2,(H,19,20,21)(H,22,23,24);. The van der Waals surface area contributed by atoms with Gasteiger partial charge in [-0.05, 0) is 29.3 Å².